The van der Waals surface area contributed by atoms with Crippen molar-refractivity contribution in [3.63, 3.8) is 0 Å². The van der Waals surface area contributed by atoms with Crippen LogP contribution in [0.5, 0.6) is 5.75 Å². The van der Waals surface area contributed by atoms with Crippen LogP contribution in [0, 0.1) is 17.1 Å². The van der Waals surface area contributed by atoms with Gasteiger partial charge in [-0.05, 0) is 31.7 Å². The topological polar surface area (TPSA) is 33.0 Å². The molecule has 0 atom stereocenters. The zero-order valence-corrected chi connectivity index (χ0v) is 9.43. The smallest absolute Gasteiger partial charge is 0.142 e. The lowest BCUT2D eigenvalue weighted by atomic mass is 10.2. The Morgan fingerprint density at radius 3 is 2.69 bits per heavy atom. The van der Waals surface area contributed by atoms with Crippen molar-refractivity contribution < 1.29 is 9.13 Å². The second-order valence-electron chi connectivity index (χ2n) is 3.90. The predicted octanol–water partition coefficient (Wildman–Crippen LogP) is 3.67. The van der Waals surface area contributed by atoms with Crippen LogP contribution in [0.2, 0.25) is 5.02 Å². The Labute approximate surface area is 98.6 Å². The average molecular weight is 240 g/mol. The van der Waals surface area contributed by atoms with E-state index in [4.69, 9.17) is 21.6 Å². The first-order valence-corrected chi connectivity index (χ1v) is 5.64. The van der Waals surface area contributed by atoms with E-state index in [1.165, 1.54) is 6.07 Å². The largest absolute Gasteiger partial charge is 0.489 e. The molecule has 0 saturated heterocycles. The van der Waals surface area contributed by atoms with Gasteiger partial charge < -0.3 is 4.74 Å². The van der Waals surface area contributed by atoms with Gasteiger partial charge in [0.05, 0.1) is 16.7 Å². The zero-order chi connectivity index (χ0) is 11.5. The van der Waals surface area contributed by atoms with E-state index in [-0.39, 0.29) is 16.7 Å². The first kappa shape index (κ1) is 11.2. The van der Waals surface area contributed by atoms with Gasteiger partial charge in [-0.25, -0.2) is 4.39 Å². The van der Waals surface area contributed by atoms with Gasteiger partial charge in [-0.1, -0.05) is 11.6 Å². The maximum absolute atomic E-state index is 13.2. The van der Waals surface area contributed by atoms with Crippen molar-refractivity contribution in [3.05, 3.63) is 28.5 Å². The summed E-state index contributed by atoms with van der Waals surface area (Å²) < 4.78 is 18.8. The van der Waals surface area contributed by atoms with Gasteiger partial charge in [-0.15, -0.1) is 0 Å². The van der Waals surface area contributed by atoms with E-state index >= 15 is 0 Å². The summed E-state index contributed by atoms with van der Waals surface area (Å²) in [4.78, 5) is 0. The molecule has 0 unspecified atom stereocenters. The molecule has 4 heteroatoms. The van der Waals surface area contributed by atoms with Gasteiger partial charge in [0.15, 0.2) is 0 Å². The van der Waals surface area contributed by atoms with E-state index in [9.17, 15) is 4.39 Å². The summed E-state index contributed by atoms with van der Waals surface area (Å²) in [6.45, 7) is 0. The minimum absolute atomic E-state index is 0.0302. The van der Waals surface area contributed by atoms with Gasteiger partial charge in [0.1, 0.15) is 17.6 Å². The molecule has 1 aromatic carbocycles. The van der Waals surface area contributed by atoms with Gasteiger partial charge in [-0.2, -0.15) is 5.26 Å². The molecule has 0 radical (unpaired) electrons. The van der Waals surface area contributed by atoms with E-state index in [2.05, 4.69) is 0 Å². The minimum Gasteiger partial charge on any atom is -0.489 e. The average Bonchev–Trinajstić information content (AvgIpc) is 2.75. The molecule has 1 aromatic rings. The van der Waals surface area contributed by atoms with Crippen LogP contribution in [0.25, 0.3) is 0 Å². The van der Waals surface area contributed by atoms with Crippen LogP contribution in [0.1, 0.15) is 31.2 Å². The van der Waals surface area contributed by atoms with Crippen molar-refractivity contribution >= 4 is 11.6 Å². The molecule has 84 valence electrons. The van der Waals surface area contributed by atoms with Crippen LogP contribution in [0.15, 0.2) is 12.1 Å². The Balaban J connectivity index is 2.23. The third kappa shape index (κ3) is 2.28. The molecule has 2 nitrogen and oxygen atoms in total. The molecule has 0 heterocycles. The Morgan fingerprint density at radius 1 is 1.38 bits per heavy atom. The lowest BCUT2D eigenvalue weighted by molar-refractivity contribution is 0.210. The summed E-state index contributed by atoms with van der Waals surface area (Å²) in [5.41, 5.74) is -0.0302. The fraction of sp³-hybridized carbons (Fsp3) is 0.417. The molecular weight excluding hydrogens is 229 g/mol. The lowest BCUT2D eigenvalue weighted by Crippen LogP contribution is -2.11. The Morgan fingerprint density at radius 2 is 2.06 bits per heavy atom. The van der Waals surface area contributed by atoms with E-state index in [1.807, 2.05) is 0 Å². The molecule has 0 aliphatic heterocycles. The molecule has 0 amide bonds. The fourth-order valence-corrected chi connectivity index (χ4v) is 2.09. The van der Waals surface area contributed by atoms with Crippen LogP contribution < -0.4 is 4.74 Å². The quantitative estimate of drug-likeness (QED) is 0.789. The second kappa shape index (κ2) is 4.71. The van der Waals surface area contributed by atoms with Crippen molar-refractivity contribution in [3.8, 4) is 11.8 Å². The maximum atomic E-state index is 13.2. The summed E-state index contributed by atoms with van der Waals surface area (Å²) in [5.74, 6) is -0.196. The van der Waals surface area contributed by atoms with Crippen molar-refractivity contribution in [2.45, 2.75) is 31.8 Å². The number of hydrogen-bond donors (Lipinski definition) is 0. The maximum Gasteiger partial charge on any atom is 0.142 e. The van der Waals surface area contributed by atoms with Crippen molar-refractivity contribution in [2.24, 2.45) is 0 Å². The third-order valence-corrected chi connectivity index (χ3v) is 3.03. The number of ether oxygens (including phenoxy) is 1. The van der Waals surface area contributed by atoms with Crippen molar-refractivity contribution in [1.82, 2.24) is 0 Å². The minimum atomic E-state index is -0.605. The first-order chi connectivity index (χ1) is 7.70. The molecule has 1 aliphatic carbocycles. The molecular formula is C12H11ClFNO. The number of nitriles is 1. The van der Waals surface area contributed by atoms with E-state index in [0.29, 0.717) is 5.75 Å². The van der Waals surface area contributed by atoms with Crippen LogP contribution in [-0.2, 0) is 0 Å². The van der Waals surface area contributed by atoms with Gasteiger partial charge in [0, 0.05) is 6.07 Å². The zero-order valence-electron chi connectivity index (χ0n) is 8.67. The number of hydrogen-bond acceptors (Lipinski definition) is 2. The monoisotopic (exact) mass is 239 g/mol. The number of halogens is 2. The molecule has 1 fully saturated rings. The molecule has 0 aromatic heterocycles. The third-order valence-electron chi connectivity index (χ3n) is 2.74. The predicted molar refractivity (Wildman–Crippen MR) is 59.0 cm³/mol. The van der Waals surface area contributed by atoms with Crippen molar-refractivity contribution in [2.75, 3.05) is 0 Å². The summed E-state index contributed by atoms with van der Waals surface area (Å²) in [6.07, 6.45) is 4.43. The number of rotatable bonds is 2. The molecule has 1 saturated carbocycles. The molecule has 16 heavy (non-hydrogen) atoms. The summed E-state index contributed by atoms with van der Waals surface area (Å²) in [5, 5.41) is 8.93. The van der Waals surface area contributed by atoms with Crippen LogP contribution in [0.4, 0.5) is 4.39 Å². The standard InChI is InChI=1S/C12H11ClFNO/c13-10-6-11(14)8(7-15)5-12(10)16-9-3-1-2-4-9/h5-6,9H,1-4H2. The van der Waals surface area contributed by atoms with Crippen LogP contribution >= 0.6 is 11.6 Å². The summed E-state index contributed by atoms with van der Waals surface area (Å²) in [7, 11) is 0. The van der Waals surface area contributed by atoms with Crippen molar-refractivity contribution in [1.29, 1.82) is 5.26 Å². The number of nitrogens with zero attached hydrogens (tertiary/aromatic N) is 1. The number of benzene rings is 1. The molecule has 1 aliphatic rings. The molecule has 2 rings (SSSR count). The second-order valence-corrected chi connectivity index (χ2v) is 4.31. The van der Waals surface area contributed by atoms with Gasteiger partial charge in [0.2, 0.25) is 0 Å². The molecule has 0 spiro atoms. The summed E-state index contributed by atoms with van der Waals surface area (Å²) in [6, 6.07) is 4.27. The highest BCUT2D eigenvalue weighted by Crippen LogP contribution is 2.31. The highest BCUT2D eigenvalue weighted by molar-refractivity contribution is 6.32. The highest BCUT2D eigenvalue weighted by atomic mass is 35.5. The highest BCUT2D eigenvalue weighted by Gasteiger charge is 2.18. The fourth-order valence-electron chi connectivity index (χ4n) is 1.89. The van der Waals surface area contributed by atoms with Gasteiger partial charge in [-0.3, -0.25) is 0 Å². The Kier molecular flexibility index (Phi) is 3.31. The molecule has 0 N–H and O–H groups in total. The SMILES string of the molecule is N#Cc1cc(OC2CCCC2)c(Cl)cc1F. The van der Waals surface area contributed by atoms with Gasteiger partial charge in [0.25, 0.3) is 0 Å². The lowest BCUT2D eigenvalue weighted by Gasteiger charge is -2.14. The Hall–Kier alpha value is -1.27. The normalized spacial score (nSPS) is 16.1. The van der Waals surface area contributed by atoms with E-state index in [1.54, 1.807) is 6.07 Å². The van der Waals surface area contributed by atoms with E-state index in [0.717, 1.165) is 31.7 Å². The summed E-state index contributed by atoms with van der Waals surface area (Å²) >= 11 is 5.86. The van der Waals surface area contributed by atoms with Crippen LogP contribution in [-0.4, -0.2) is 6.10 Å². The molecule has 0 bridgehead atoms. The van der Waals surface area contributed by atoms with E-state index < -0.39 is 5.82 Å². The van der Waals surface area contributed by atoms with Crippen LogP contribution in [0.3, 0.4) is 0 Å². The van der Waals surface area contributed by atoms with Gasteiger partial charge >= 0.3 is 0 Å². The Bertz CT molecular complexity index is 435. The first-order valence-electron chi connectivity index (χ1n) is 5.26.